The molecule has 1 N–H and O–H groups in total. The van der Waals surface area contributed by atoms with Crippen LogP contribution in [0.1, 0.15) is 32.1 Å². The highest BCUT2D eigenvalue weighted by atomic mass is 32.2. The lowest BCUT2D eigenvalue weighted by Crippen LogP contribution is -2.26. The molecule has 1 aliphatic carbocycles. The van der Waals surface area contributed by atoms with Crippen molar-refractivity contribution >= 4 is 17.7 Å². The number of amides is 1. The maximum atomic E-state index is 12.1. The smallest absolute Gasteiger partial charge is 0.252 e. The predicted octanol–water partition coefficient (Wildman–Crippen LogP) is 4.37. The third-order valence-corrected chi connectivity index (χ3v) is 5.04. The van der Waals surface area contributed by atoms with Crippen LogP contribution < -0.4 is 10.1 Å². The van der Waals surface area contributed by atoms with Crippen molar-refractivity contribution in [2.75, 3.05) is 12.3 Å². The molecule has 136 valence electrons. The number of thioether (sulfide) groups is 1. The zero-order valence-electron chi connectivity index (χ0n) is 14.7. The number of hydrogen-bond donors (Lipinski definition) is 1. The minimum Gasteiger partial charge on any atom is -0.437 e. The molecule has 0 unspecified atom stereocenters. The van der Waals surface area contributed by atoms with E-state index in [0.717, 1.165) is 6.42 Å². The number of carbonyl (C=O) groups excluding carboxylic acids is 1. The number of aromatic nitrogens is 2. The highest BCUT2D eigenvalue weighted by Crippen LogP contribution is 2.28. The fourth-order valence-electron chi connectivity index (χ4n) is 2.76. The van der Waals surface area contributed by atoms with E-state index in [9.17, 15) is 4.79 Å². The SMILES string of the molecule is O=C(CSc1nccnc1Oc1ccccc1)NCCC1=CCCCC1. The number of allylic oxidation sites excluding steroid dienone is 1. The van der Waals surface area contributed by atoms with Gasteiger partial charge in [0.15, 0.2) is 5.03 Å². The Labute approximate surface area is 158 Å². The highest BCUT2D eigenvalue weighted by Gasteiger charge is 2.11. The molecular weight excluding hydrogens is 346 g/mol. The van der Waals surface area contributed by atoms with Gasteiger partial charge in [-0.1, -0.05) is 41.6 Å². The van der Waals surface area contributed by atoms with Gasteiger partial charge in [-0.25, -0.2) is 9.97 Å². The molecule has 0 atom stereocenters. The second-order valence-corrected chi connectivity index (χ2v) is 7.04. The molecular formula is C20H23N3O2S. The van der Waals surface area contributed by atoms with Crippen molar-refractivity contribution < 1.29 is 9.53 Å². The number of hydrogen-bond acceptors (Lipinski definition) is 5. The average molecular weight is 369 g/mol. The Morgan fingerprint density at radius 3 is 2.81 bits per heavy atom. The molecule has 26 heavy (non-hydrogen) atoms. The minimum atomic E-state index is 0.00252. The molecule has 0 aliphatic heterocycles. The van der Waals surface area contributed by atoms with E-state index in [2.05, 4.69) is 21.4 Å². The molecule has 0 bridgehead atoms. The van der Waals surface area contributed by atoms with E-state index in [1.807, 2.05) is 30.3 Å². The zero-order valence-corrected chi connectivity index (χ0v) is 15.5. The topological polar surface area (TPSA) is 64.1 Å². The maximum absolute atomic E-state index is 12.1. The van der Waals surface area contributed by atoms with Gasteiger partial charge in [-0.15, -0.1) is 0 Å². The summed E-state index contributed by atoms with van der Waals surface area (Å²) in [4.78, 5) is 20.6. The van der Waals surface area contributed by atoms with Crippen molar-refractivity contribution in [2.45, 2.75) is 37.1 Å². The number of benzene rings is 1. The Balaban J connectivity index is 1.46. The van der Waals surface area contributed by atoms with Crippen LogP contribution in [0.15, 0.2) is 59.4 Å². The summed E-state index contributed by atoms with van der Waals surface area (Å²) in [6.45, 7) is 0.694. The van der Waals surface area contributed by atoms with Crippen LogP contribution >= 0.6 is 11.8 Å². The van der Waals surface area contributed by atoms with Gasteiger partial charge in [-0.2, -0.15) is 0 Å². The van der Waals surface area contributed by atoms with Gasteiger partial charge in [0.1, 0.15) is 5.75 Å². The molecule has 0 radical (unpaired) electrons. The van der Waals surface area contributed by atoms with Gasteiger partial charge in [0.2, 0.25) is 5.91 Å². The Morgan fingerprint density at radius 1 is 1.15 bits per heavy atom. The summed E-state index contributed by atoms with van der Waals surface area (Å²) in [5, 5.41) is 3.59. The fraction of sp³-hybridized carbons (Fsp3) is 0.350. The van der Waals surface area contributed by atoms with Crippen LogP contribution in [-0.4, -0.2) is 28.2 Å². The van der Waals surface area contributed by atoms with Crippen molar-refractivity contribution in [3.8, 4) is 11.6 Å². The summed E-state index contributed by atoms with van der Waals surface area (Å²) in [5.74, 6) is 1.41. The minimum absolute atomic E-state index is 0.00252. The maximum Gasteiger partial charge on any atom is 0.252 e. The Morgan fingerprint density at radius 2 is 2.00 bits per heavy atom. The average Bonchev–Trinajstić information content (AvgIpc) is 2.69. The largest absolute Gasteiger partial charge is 0.437 e. The van der Waals surface area contributed by atoms with Crippen LogP contribution in [0, 0.1) is 0 Å². The van der Waals surface area contributed by atoms with Crippen molar-refractivity contribution in [2.24, 2.45) is 0 Å². The normalized spacial score (nSPS) is 13.8. The van der Waals surface area contributed by atoms with Crippen LogP contribution in [0.3, 0.4) is 0 Å². The molecule has 0 saturated heterocycles. The number of nitrogens with zero attached hydrogens (tertiary/aromatic N) is 2. The van der Waals surface area contributed by atoms with E-state index >= 15 is 0 Å². The predicted molar refractivity (Wildman–Crippen MR) is 103 cm³/mol. The number of para-hydroxylation sites is 1. The standard InChI is InChI=1S/C20H23N3O2S/c24-18(21-12-11-16-7-3-1-4-8-16)15-26-20-19(22-13-14-23-20)25-17-9-5-2-6-10-17/h2,5-7,9-10,13-14H,1,3-4,8,11-12,15H2,(H,21,24). The third kappa shape index (κ3) is 5.88. The van der Waals surface area contributed by atoms with Gasteiger partial charge in [0, 0.05) is 18.9 Å². The number of nitrogens with one attached hydrogen (secondary N) is 1. The van der Waals surface area contributed by atoms with E-state index in [4.69, 9.17) is 4.74 Å². The summed E-state index contributed by atoms with van der Waals surface area (Å²) >= 11 is 1.34. The van der Waals surface area contributed by atoms with E-state index < -0.39 is 0 Å². The van der Waals surface area contributed by atoms with Crippen LogP contribution in [0.4, 0.5) is 0 Å². The zero-order chi connectivity index (χ0) is 18.0. The summed E-state index contributed by atoms with van der Waals surface area (Å²) in [5.41, 5.74) is 1.47. The van der Waals surface area contributed by atoms with Crippen molar-refractivity contribution in [1.82, 2.24) is 15.3 Å². The third-order valence-electron chi connectivity index (χ3n) is 4.08. The molecule has 6 heteroatoms. The van der Waals surface area contributed by atoms with E-state index in [1.54, 1.807) is 12.4 Å². The van der Waals surface area contributed by atoms with Crippen molar-refractivity contribution in [1.29, 1.82) is 0 Å². The Bertz CT molecular complexity index is 750. The lowest BCUT2D eigenvalue weighted by Gasteiger charge is -2.13. The lowest BCUT2D eigenvalue weighted by atomic mass is 9.97. The molecule has 1 aliphatic rings. The molecule has 5 nitrogen and oxygen atoms in total. The summed E-state index contributed by atoms with van der Waals surface area (Å²) < 4.78 is 5.77. The summed E-state index contributed by atoms with van der Waals surface area (Å²) in [6.07, 6.45) is 11.4. The van der Waals surface area contributed by atoms with Crippen LogP contribution in [0.5, 0.6) is 11.6 Å². The van der Waals surface area contributed by atoms with Crippen molar-refractivity contribution in [3.63, 3.8) is 0 Å². The molecule has 0 spiro atoms. The molecule has 1 aromatic heterocycles. The Hall–Kier alpha value is -2.34. The highest BCUT2D eigenvalue weighted by molar-refractivity contribution is 8.00. The van der Waals surface area contributed by atoms with Gasteiger partial charge in [0.05, 0.1) is 5.75 Å². The van der Waals surface area contributed by atoms with E-state index in [1.165, 1.54) is 43.0 Å². The first-order valence-electron chi connectivity index (χ1n) is 8.92. The molecule has 1 amide bonds. The summed E-state index contributed by atoms with van der Waals surface area (Å²) in [6, 6.07) is 9.43. The molecule has 1 aromatic carbocycles. The first-order valence-corrected chi connectivity index (χ1v) is 9.91. The van der Waals surface area contributed by atoms with Gasteiger partial charge in [0.25, 0.3) is 5.88 Å². The number of rotatable bonds is 8. The van der Waals surface area contributed by atoms with Crippen LogP contribution in [-0.2, 0) is 4.79 Å². The quantitative estimate of drug-likeness (QED) is 0.553. The molecule has 2 aromatic rings. The van der Waals surface area contributed by atoms with Gasteiger partial charge >= 0.3 is 0 Å². The van der Waals surface area contributed by atoms with Crippen molar-refractivity contribution in [3.05, 3.63) is 54.4 Å². The van der Waals surface area contributed by atoms with Gasteiger partial charge in [-0.05, 0) is 44.2 Å². The van der Waals surface area contributed by atoms with Crippen LogP contribution in [0.25, 0.3) is 0 Å². The molecule has 0 saturated carbocycles. The molecule has 1 heterocycles. The second kappa shape index (κ2) is 9.97. The molecule has 0 fully saturated rings. The summed E-state index contributed by atoms with van der Waals surface area (Å²) in [7, 11) is 0. The number of ether oxygens (including phenoxy) is 1. The first-order chi connectivity index (χ1) is 12.8. The first kappa shape index (κ1) is 18.5. The monoisotopic (exact) mass is 369 g/mol. The van der Waals surface area contributed by atoms with Crippen LogP contribution in [0.2, 0.25) is 0 Å². The van der Waals surface area contributed by atoms with E-state index in [-0.39, 0.29) is 5.91 Å². The number of carbonyl (C=O) groups is 1. The molecule has 3 rings (SSSR count). The fourth-order valence-corrected chi connectivity index (χ4v) is 3.48. The van der Waals surface area contributed by atoms with Gasteiger partial charge < -0.3 is 10.1 Å². The van der Waals surface area contributed by atoms with E-state index in [0.29, 0.717) is 29.0 Å². The van der Waals surface area contributed by atoms with Gasteiger partial charge in [-0.3, -0.25) is 4.79 Å². The second-order valence-electron chi connectivity index (χ2n) is 6.08. The lowest BCUT2D eigenvalue weighted by molar-refractivity contribution is -0.118. The Kier molecular flexibility index (Phi) is 7.07.